The van der Waals surface area contributed by atoms with Crippen LogP contribution in [-0.2, 0) is 4.79 Å². The molecule has 2 aliphatic rings. The summed E-state index contributed by atoms with van der Waals surface area (Å²) in [5, 5.41) is 3.23. The van der Waals surface area contributed by atoms with Crippen LogP contribution >= 0.6 is 11.8 Å². The van der Waals surface area contributed by atoms with Gasteiger partial charge in [-0.2, -0.15) is 11.8 Å². The predicted molar refractivity (Wildman–Crippen MR) is 120 cm³/mol. The Morgan fingerprint density at radius 1 is 0.778 bits per heavy atom. The molecule has 3 heteroatoms. The number of nitrogens with one attached hydrogen (secondary N) is 1. The van der Waals surface area contributed by atoms with Gasteiger partial charge in [-0.1, -0.05) is 77.0 Å². The van der Waals surface area contributed by atoms with Crippen LogP contribution in [0.3, 0.4) is 0 Å². The van der Waals surface area contributed by atoms with Crippen LogP contribution in [0, 0.1) is 17.8 Å². The third kappa shape index (κ3) is 9.72. The highest BCUT2D eigenvalue weighted by Crippen LogP contribution is 2.42. The van der Waals surface area contributed by atoms with Gasteiger partial charge < -0.3 is 5.32 Å². The van der Waals surface area contributed by atoms with Gasteiger partial charge >= 0.3 is 0 Å². The second-order valence-electron chi connectivity index (χ2n) is 9.13. The molecular weight excluding hydrogens is 350 g/mol. The summed E-state index contributed by atoms with van der Waals surface area (Å²) in [5.74, 6) is 3.81. The monoisotopic (exact) mass is 395 g/mol. The van der Waals surface area contributed by atoms with Crippen molar-refractivity contribution in [3.8, 4) is 0 Å². The summed E-state index contributed by atoms with van der Waals surface area (Å²) < 4.78 is 0. The number of hydrogen-bond acceptors (Lipinski definition) is 2. The van der Waals surface area contributed by atoms with Crippen molar-refractivity contribution in [2.24, 2.45) is 17.8 Å². The maximum atomic E-state index is 12.4. The van der Waals surface area contributed by atoms with Gasteiger partial charge in [-0.25, -0.2) is 0 Å². The van der Waals surface area contributed by atoms with E-state index in [2.05, 4.69) is 11.6 Å². The topological polar surface area (TPSA) is 29.1 Å². The van der Waals surface area contributed by atoms with Crippen molar-refractivity contribution in [2.75, 3.05) is 18.6 Å². The van der Waals surface area contributed by atoms with Gasteiger partial charge in [0.05, 0.1) is 0 Å². The molecular formula is C24H45NOS. The standard InChI is InChI=1S/C24H45NOS/c1-27-19-13-9-7-5-3-2-4-6-8-12-18-25-24(26)23-17-16-22(20-23)21-14-10-11-15-21/h21-23H,2-20H2,1H3,(H,25,26)/t22?,23-/m0/s1. The summed E-state index contributed by atoms with van der Waals surface area (Å²) in [7, 11) is 0. The zero-order valence-electron chi connectivity index (χ0n) is 18.0. The molecule has 2 atom stereocenters. The Bertz CT molecular complexity index is 381. The summed E-state index contributed by atoms with van der Waals surface area (Å²) in [6, 6.07) is 0. The minimum Gasteiger partial charge on any atom is -0.356 e. The molecule has 158 valence electrons. The Morgan fingerprint density at radius 3 is 2.00 bits per heavy atom. The quantitative estimate of drug-likeness (QED) is 0.303. The van der Waals surface area contributed by atoms with E-state index in [1.165, 1.54) is 108 Å². The largest absolute Gasteiger partial charge is 0.356 e. The summed E-state index contributed by atoms with van der Waals surface area (Å²) >= 11 is 1.97. The molecule has 0 heterocycles. The fraction of sp³-hybridized carbons (Fsp3) is 0.958. The van der Waals surface area contributed by atoms with E-state index in [0.29, 0.717) is 11.8 Å². The average Bonchev–Trinajstić information content (AvgIpc) is 3.36. The van der Waals surface area contributed by atoms with Crippen LogP contribution in [0.4, 0.5) is 0 Å². The summed E-state index contributed by atoms with van der Waals surface area (Å²) in [6.07, 6.45) is 25.2. The molecule has 0 bridgehead atoms. The third-order valence-corrected chi connectivity index (χ3v) is 7.68. The Morgan fingerprint density at radius 2 is 1.37 bits per heavy atom. The highest BCUT2D eigenvalue weighted by atomic mass is 32.2. The van der Waals surface area contributed by atoms with Gasteiger partial charge in [0.1, 0.15) is 0 Å². The minimum atomic E-state index is 0.325. The van der Waals surface area contributed by atoms with Gasteiger partial charge in [-0.05, 0) is 55.9 Å². The first-order valence-electron chi connectivity index (χ1n) is 12.1. The smallest absolute Gasteiger partial charge is 0.223 e. The lowest BCUT2D eigenvalue weighted by molar-refractivity contribution is -0.124. The molecule has 2 saturated carbocycles. The highest BCUT2D eigenvalue weighted by molar-refractivity contribution is 7.98. The first-order valence-corrected chi connectivity index (χ1v) is 13.5. The van der Waals surface area contributed by atoms with Gasteiger partial charge in [0.25, 0.3) is 0 Å². The number of rotatable bonds is 15. The van der Waals surface area contributed by atoms with Gasteiger partial charge in [0.15, 0.2) is 0 Å². The normalized spacial score (nSPS) is 23.1. The van der Waals surface area contributed by atoms with Crippen molar-refractivity contribution in [1.29, 1.82) is 0 Å². The van der Waals surface area contributed by atoms with Crippen molar-refractivity contribution >= 4 is 17.7 Å². The van der Waals surface area contributed by atoms with Crippen LogP contribution in [0.2, 0.25) is 0 Å². The minimum absolute atomic E-state index is 0.325. The summed E-state index contributed by atoms with van der Waals surface area (Å²) in [4.78, 5) is 12.4. The molecule has 0 saturated heterocycles. The molecule has 27 heavy (non-hydrogen) atoms. The summed E-state index contributed by atoms with van der Waals surface area (Å²) in [5.41, 5.74) is 0. The number of hydrogen-bond donors (Lipinski definition) is 1. The Kier molecular flexibility index (Phi) is 12.6. The number of amides is 1. The highest BCUT2D eigenvalue weighted by Gasteiger charge is 2.35. The first-order chi connectivity index (χ1) is 13.3. The lowest BCUT2D eigenvalue weighted by Gasteiger charge is -2.17. The first kappa shape index (κ1) is 23.1. The van der Waals surface area contributed by atoms with Gasteiger partial charge in [-0.3, -0.25) is 4.79 Å². The molecule has 1 N–H and O–H groups in total. The third-order valence-electron chi connectivity index (χ3n) is 6.98. The predicted octanol–water partition coefficient (Wildman–Crippen LogP) is 6.97. The molecule has 1 unspecified atom stereocenters. The molecule has 1 amide bonds. The van der Waals surface area contributed by atoms with Crippen molar-refractivity contribution in [3.63, 3.8) is 0 Å². The van der Waals surface area contributed by atoms with Crippen LogP contribution < -0.4 is 5.32 Å². The number of carbonyl (C=O) groups is 1. The van der Waals surface area contributed by atoms with Crippen molar-refractivity contribution < 1.29 is 4.79 Å². The van der Waals surface area contributed by atoms with Crippen molar-refractivity contribution in [1.82, 2.24) is 5.32 Å². The molecule has 0 aromatic heterocycles. The number of unbranched alkanes of at least 4 members (excludes halogenated alkanes) is 9. The van der Waals surface area contributed by atoms with Gasteiger partial charge in [-0.15, -0.1) is 0 Å². The Balaban J connectivity index is 1.35. The van der Waals surface area contributed by atoms with Crippen molar-refractivity contribution in [2.45, 2.75) is 109 Å². The zero-order chi connectivity index (χ0) is 19.2. The summed E-state index contributed by atoms with van der Waals surface area (Å²) in [6.45, 7) is 0.902. The van der Waals surface area contributed by atoms with Crippen LogP contribution in [-0.4, -0.2) is 24.5 Å². The molecule has 0 aromatic rings. The van der Waals surface area contributed by atoms with E-state index in [4.69, 9.17) is 0 Å². The average molecular weight is 396 g/mol. The van der Waals surface area contributed by atoms with Crippen LogP contribution in [0.15, 0.2) is 0 Å². The molecule has 0 aliphatic heterocycles. The van der Waals surface area contributed by atoms with E-state index < -0.39 is 0 Å². The van der Waals surface area contributed by atoms with Crippen molar-refractivity contribution in [3.05, 3.63) is 0 Å². The van der Waals surface area contributed by atoms with E-state index in [-0.39, 0.29) is 0 Å². The van der Waals surface area contributed by atoms with Gasteiger partial charge in [0, 0.05) is 12.5 Å². The molecule has 2 aliphatic carbocycles. The lowest BCUT2D eigenvalue weighted by Crippen LogP contribution is -2.30. The van der Waals surface area contributed by atoms with E-state index >= 15 is 0 Å². The van der Waals surface area contributed by atoms with E-state index in [0.717, 1.165) is 24.8 Å². The van der Waals surface area contributed by atoms with Crippen LogP contribution in [0.1, 0.15) is 109 Å². The fourth-order valence-electron chi connectivity index (χ4n) is 5.25. The second kappa shape index (κ2) is 14.8. The number of carbonyl (C=O) groups excluding carboxylic acids is 1. The Hall–Kier alpha value is -0.180. The number of thioether (sulfide) groups is 1. The molecule has 2 rings (SSSR count). The van der Waals surface area contributed by atoms with Crippen LogP contribution in [0.5, 0.6) is 0 Å². The van der Waals surface area contributed by atoms with E-state index in [1.807, 2.05) is 11.8 Å². The second-order valence-corrected chi connectivity index (χ2v) is 10.1. The molecule has 0 radical (unpaired) electrons. The van der Waals surface area contributed by atoms with E-state index in [9.17, 15) is 4.79 Å². The lowest BCUT2D eigenvalue weighted by atomic mass is 9.89. The SMILES string of the molecule is CSCCCCCCCCCCCCNC(=O)[C@H]1CCC(C2CCCC2)C1. The zero-order valence-corrected chi connectivity index (χ0v) is 18.8. The fourth-order valence-corrected chi connectivity index (χ4v) is 5.75. The molecule has 2 fully saturated rings. The van der Waals surface area contributed by atoms with Gasteiger partial charge in [0.2, 0.25) is 5.91 Å². The van der Waals surface area contributed by atoms with Crippen LogP contribution in [0.25, 0.3) is 0 Å². The molecule has 0 spiro atoms. The maximum absolute atomic E-state index is 12.4. The molecule has 0 aromatic carbocycles. The molecule has 2 nitrogen and oxygen atoms in total. The van der Waals surface area contributed by atoms with E-state index in [1.54, 1.807) is 0 Å². The Labute approximate surface area is 173 Å². The maximum Gasteiger partial charge on any atom is 0.223 e.